The summed E-state index contributed by atoms with van der Waals surface area (Å²) in [6.07, 6.45) is 9.66. The topological polar surface area (TPSA) is 32.3 Å². The van der Waals surface area contributed by atoms with Crippen molar-refractivity contribution in [3.63, 3.8) is 0 Å². The van der Waals surface area contributed by atoms with Crippen LogP contribution in [0.15, 0.2) is 47.6 Å². The van der Waals surface area contributed by atoms with Crippen molar-refractivity contribution in [1.29, 1.82) is 0 Å². The molecule has 0 aromatic heterocycles. The lowest BCUT2D eigenvalue weighted by Gasteiger charge is -2.31. The zero-order valence-corrected chi connectivity index (χ0v) is 22.7. The molecule has 0 saturated carbocycles. The SMILES string of the molecule is CC(C)=CCCC(C)=CCCc1ccc(C(C)CC(=O)NCC[N+](C)(C)CCN(C)C)cc1. The van der Waals surface area contributed by atoms with Crippen LogP contribution in [0.4, 0.5) is 0 Å². The van der Waals surface area contributed by atoms with Crippen LogP contribution in [0.5, 0.6) is 0 Å². The molecule has 0 saturated heterocycles. The molecule has 4 heteroatoms. The summed E-state index contributed by atoms with van der Waals surface area (Å²) in [6, 6.07) is 8.83. The maximum atomic E-state index is 12.4. The minimum atomic E-state index is 0.146. The zero-order valence-electron chi connectivity index (χ0n) is 22.7. The van der Waals surface area contributed by atoms with Crippen molar-refractivity contribution in [1.82, 2.24) is 10.2 Å². The first-order valence-electron chi connectivity index (χ1n) is 12.6. The third-order valence-electron chi connectivity index (χ3n) is 6.25. The molecule has 1 aromatic carbocycles. The van der Waals surface area contributed by atoms with Crippen LogP contribution in [0.3, 0.4) is 0 Å². The summed E-state index contributed by atoms with van der Waals surface area (Å²) in [6.45, 7) is 12.5. The van der Waals surface area contributed by atoms with Crippen LogP contribution in [-0.2, 0) is 11.2 Å². The van der Waals surface area contributed by atoms with Gasteiger partial charge in [-0.15, -0.1) is 0 Å². The number of carbonyl (C=O) groups is 1. The second-order valence-electron chi connectivity index (χ2n) is 10.8. The van der Waals surface area contributed by atoms with Gasteiger partial charge < -0.3 is 14.7 Å². The van der Waals surface area contributed by atoms with Gasteiger partial charge in [0.05, 0.1) is 33.7 Å². The molecule has 1 atom stereocenters. The molecule has 1 unspecified atom stereocenters. The number of aryl methyl sites for hydroxylation is 1. The fourth-order valence-corrected chi connectivity index (χ4v) is 3.74. The number of nitrogens with one attached hydrogen (secondary N) is 1. The lowest BCUT2D eigenvalue weighted by atomic mass is 9.95. The Morgan fingerprint density at radius 3 is 2.30 bits per heavy atom. The Labute approximate surface area is 204 Å². The van der Waals surface area contributed by atoms with Crippen molar-refractivity contribution >= 4 is 5.91 Å². The van der Waals surface area contributed by atoms with Crippen LogP contribution in [0.2, 0.25) is 0 Å². The van der Waals surface area contributed by atoms with Crippen molar-refractivity contribution in [2.24, 2.45) is 0 Å². The molecule has 0 heterocycles. The summed E-state index contributed by atoms with van der Waals surface area (Å²) < 4.78 is 0.916. The second-order valence-corrected chi connectivity index (χ2v) is 10.8. The van der Waals surface area contributed by atoms with E-state index in [1.54, 1.807) is 0 Å². The largest absolute Gasteiger partial charge is 0.350 e. The van der Waals surface area contributed by atoms with Gasteiger partial charge in [0.2, 0.25) is 5.91 Å². The average Bonchev–Trinajstić information content (AvgIpc) is 2.72. The summed E-state index contributed by atoms with van der Waals surface area (Å²) in [4.78, 5) is 14.6. The number of rotatable bonds is 15. The molecule has 1 N–H and O–H groups in total. The first-order valence-corrected chi connectivity index (χ1v) is 12.6. The molecular formula is C29H50N3O+. The number of quaternary nitrogens is 1. The van der Waals surface area contributed by atoms with E-state index in [9.17, 15) is 4.79 Å². The quantitative estimate of drug-likeness (QED) is 0.277. The van der Waals surface area contributed by atoms with E-state index in [0.717, 1.165) is 56.3 Å². The molecule has 33 heavy (non-hydrogen) atoms. The molecule has 0 aliphatic heterocycles. The van der Waals surface area contributed by atoms with Gasteiger partial charge in [-0.1, -0.05) is 54.5 Å². The van der Waals surface area contributed by atoms with Gasteiger partial charge in [-0.25, -0.2) is 0 Å². The standard InChI is InChI=1S/C29H49N3O/c1-24(2)11-9-12-25(3)13-10-14-27-15-17-28(18-16-27)26(4)23-29(33)30-19-21-32(7,8)22-20-31(5)6/h11,13,15-18,26H,9-10,12,14,19-23H2,1-8H3/p+1. The van der Waals surface area contributed by atoms with E-state index in [1.165, 1.54) is 22.3 Å². The van der Waals surface area contributed by atoms with Gasteiger partial charge in [-0.3, -0.25) is 4.79 Å². The lowest BCUT2D eigenvalue weighted by molar-refractivity contribution is -0.888. The van der Waals surface area contributed by atoms with Crippen LogP contribution < -0.4 is 5.32 Å². The number of benzene rings is 1. The predicted molar refractivity (Wildman–Crippen MR) is 144 cm³/mol. The number of hydrogen-bond acceptors (Lipinski definition) is 2. The monoisotopic (exact) mass is 456 g/mol. The predicted octanol–water partition coefficient (Wildman–Crippen LogP) is 5.56. The fourth-order valence-electron chi connectivity index (χ4n) is 3.74. The molecule has 0 aliphatic carbocycles. The first-order chi connectivity index (χ1) is 15.5. The molecule has 186 valence electrons. The Hall–Kier alpha value is -1.91. The molecule has 1 aromatic rings. The van der Waals surface area contributed by atoms with Crippen molar-refractivity contribution < 1.29 is 9.28 Å². The highest BCUT2D eigenvalue weighted by Gasteiger charge is 2.16. The molecule has 0 fully saturated rings. The Kier molecular flexibility index (Phi) is 13.3. The first kappa shape index (κ1) is 29.1. The third-order valence-corrected chi connectivity index (χ3v) is 6.25. The number of allylic oxidation sites excluding steroid dienone is 4. The minimum Gasteiger partial charge on any atom is -0.350 e. The Bertz CT molecular complexity index is 756. The van der Waals surface area contributed by atoms with Crippen LogP contribution >= 0.6 is 0 Å². The van der Waals surface area contributed by atoms with Gasteiger partial charge in [0.25, 0.3) is 0 Å². The highest BCUT2D eigenvalue weighted by Crippen LogP contribution is 2.20. The van der Waals surface area contributed by atoms with E-state index in [0.29, 0.717) is 6.42 Å². The Morgan fingerprint density at radius 2 is 1.70 bits per heavy atom. The lowest BCUT2D eigenvalue weighted by Crippen LogP contribution is -2.48. The van der Waals surface area contributed by atoms with E-state index >= 15 is 0 Å². The van der Waals surface area contributed by atoms with Gasteiger partial charge >= 0.3 is 0 Å². The maximum Gasteiger partial charge on any atom is 0.220 e. The number of nitrogens with zero attached hydrogens (tertiary/aromatic N) is 2. The third kappa shape index (κ3) is 14.1. The van der Waals surface area contributed by atoms with E-state index in [4.69, 9.17) is 0 Å². The van der Waals surface area contributed by atoms with Crippen molar-refractivity contribution in [3.8, 4) is 0 Å². The van der Waals surface area contributed by atoms with Gasteiger partial charge in [0, 0.05) is 13.0 Å². The van der Waals surface area contributed by atoms with Crippen molar-refractivity contribution in [2.45, 2.75) is 65.7 Å². The van der Waals surface area contributed by atoms with Gasteiger partial charge in [0.1, 0.15) is 0 Å². The van der Waals surface area contributed by atoms with E-state index in [1.807, 2.05) is 0 Å². The van der Waals surface area contributed by atoms with Crippen molar-refractivity contribution in [3.05, 3.63) is 58.7 Å². The number of hydrogen-bond donors (Lipinski definition) is 1. The molecule has 0 radical (unpaired) electrons. The van der Waals surface area contributed by atoms with Crippen LogP contribution in [0.1, 0.15) is 70.4 Å². The van der Waals surface area contributed by atoms with Crippen LogP contribution in [-0.4, -0.2) is 69.7 Å². The molecule has 0 bridgehead atoms. The average molecular weight is 457 g/mol. The summed E-state index contributed by atoms with van der Waals surface area (Å²) in [7, 11) is 8.65. The maximum absolute atomic E-state index is 12.4. The van der Waals surface area contributed by atoms with Gasteiger partial charge in [-0.05, 0) is 77.6 Å². The number of likely N-dealkylation sites (N-methyl/N-ethyl adjacent to an activating group) is 2. The fraction of sp³-hybridized carbons (Fsp3) is 0.621. The zero-order chi connectivity index (χ0) is 24.9. The molecule has 1 amide bonds. The summed E-state index contributed by atoms with van der Waals surface area (Å²) in [5, 5.41) is 3.12. The molecular weight excluding hydrogens is 406 g/mol. The Morgan fingerprint density at radius 1 is 1.03 bits per heavy atom. The second kappa shape index (κ2) is 15.1. The normalized spacial score (nSPS) is 13.2. The summed E-state index contributed by atoms with van der Waals surface area (Å²) in [5.41, 5.74) is 5.47. The number of carbonyl (C=O) groups excluding carboxylic acids is 1. The van der Waals surface area contributed by atoms with Crippen LogP contribution in [0, 0.1) is 0 Å². The minimum absolute atomic E-state index is 0.146. The van der Waals surface area contributed by atoms with E-state index in [2.05, 4.69) is 103 Å². The highest BCUT2D eigenvalue weighted by molar-refractivity contribution is 5.76. The van der Waals surface area contributed by atoms with Crippen molar-refractivity contribution in [2.75, 3.05) is 54.4 Å². The molecule has 0 aliphatic rings. The van der Waals surface area contributed by atoms with Gasteiger partial charge in [-0.2, -0.15) is 0 Å². The highest BCUT2D eigenvalue weighted by atomic mass is 16.1. The van der Waals surface area contributed by atoms with Crippen LogP contribution in [0.25, 0.3) is 0 Å². The van der Waals surface area contributed by atoms with E-state index < -0.39 is 0 Å². The molecule has 4 nitrogen and oxygen atoms in total. The van der Waals surface area contributed by atoms with E-state index in [-0.39, 0.29) is 11.8 Å². The molecule has 0 spiro atoms. The smallest absolute Gasteiger partial charge is 0.220 e. The summed E-state index contributed by atoms with van der Waals surface area (Å²) in [5.74, 6) is 0.375. The number of amides is 1. The molecule has 1 rings (SSSR count). The van der Waals surface area contributed by atoms with Gasteiger partial charge in [0.15, 0.2) is 0 Å². The summed E-state index contributed by atoms with van der Waals surface area (Å²) >= 11 is 0. The Balaban J connectivity index is 2.38.